The zero-order chi connectivity index (χ0) is 15.5. The largest absolute Gasteiger partial charge is 0.487 e. The maximum absolute atomic E-state index is 10.9. The lowest BCUT2D eigenvalue weighted by Crippen LogP contribution is -2.00. The lowest BCUT2D eigenvalue weighted by atomic mass is 10.1. The van der Waals surface area contributed by atoms with E-state index in [9.17, 15) is 4.79 Å². The van der Waals surface area contributed by atoms with Gasteiger partial charge < -0.3 is 4.74 Å². The van der Waals surface area contributed by atoms with E-state index in [1.165, 1.54) is 10.8 Å². The van der Waals surface area contributed by atoms with E-state index in [0.717, 1.165) is 24.7 Å². The average molecular weight is 514 g/mol. The molecular formula is C18H12I2O2. The molecule has 2 nitrogen and oxygen atoms in total. The van der Waals surface area contributed by atoms with Crippen molar-refractivity contribution >= 4 is 62.2 Å². The zero-order valence-corrected chi connectivity index (χ0v) is 15.9. The van der Waals surface area contributed by atoms with Crippen molar-refractivity contribution in [3.05, 3.63) is 72.9 Å². The van der Waals surface area contributed by atoms with Gasteiger partial charge in [0.05, 0.1) is 7.14 Å². The highest BCUT2D eigenvalue weighted by molar-refractivity contribution is 14.1. The molecule has 3 aromatic rings. The summed E-state index contributed by atoms with van der Waals surface area (Å²) in [4.78, 5) is 10.9. The van der Waals surface area contributed by atoms with Crippen molar-refractivity contribution in [3.8, 4) is 5.75 Å². The minimum absolute atomic E-state index is 0.511. The van der Waals surface area contributed by atoms with Crippen LogP contribution in [0, 0.1) is 7.14 Å². The molecule has 3 aromatic carbocycles. The number of benzene rings is 3. The van der Waals surface area contributed by atoms with Gasteiger partial charge >= 0.3 is 0 Å². The lowest BCUT2D eigenvalue weighted by Gasteiger charge is -2.11. The van der Waals surface area contributed by atoms with Gasteiger partial charge in [-0.25, -0.2) is 0 Å². The van der Waals surface area contributed by atoms with Gasteiger partial charge in [0.2, 0.25) is 0 Å². The van der Waals surface area contributed by atoms with Crippen molar-refractivity contribution in [2.45, 2.75) is 6.61 Å². The summed E-state index contributed by atoms with van der Waals surface area (Å²) in [6, 6.07) is 18.3. The summed E-state index contributed by atoms with van der Waals surface area (Å²) in [5.41, 5.74) is 1.80. The van der Waals surface area contributed by atoms with Crippen LogP contribution in [0.5, 0.6) is 5.75 Å². The van der Waals surface area contributed by atoms with Crippen molar-refractivity contribution in [3.63, 3.8) is 0 Å². The quantitative estimate of drug-likeness (QED) is 0.343. The molecule has 3 rings (SSSR count). The van der Waals surface area contributed by atoms with Crippen LogP contribution in [0.25, 0.3) is 10.8 Å². The molecule has 22 heavy (non-hydrogen) atoms. The Kier molecular flexibility index (Phi) is 4.97. The van der Waals surface area contributed by atoms with Crippen LogP contribution in [0.1, 0.15) is 15.9 Å². The predicted molar refractivity (Wildman–Crippen MR) is 106 cm³/mol. The van der Waals surface area contributed by atoms with E-state index in [2.05, 4.69) is 75.5 Å². The first-order chi connectivity index (χ1) is 10.7. The van der Waals surface area contributed by atoms with E-state index in [1.807, 2.05) is 24.3 Å². The molecule has 0 aliphatic carbocycles. The summed E-state index contributed by atoms with van der Waals surface area (Å²) in [5.74, 6) is 0.833. The fraction of sp³-hybridized carbons (Fsp3) is 0.0556. The summed E-state index contributed by atoms with van der Waals surface area (Å²) in [6.45, 7) is 0.511. The first-order valence-electron chi connectivity index (χ1n) is 6.72. The molecule has 0 N–H and O–H groups in total. The molecule has 0 saturated heterocycles. The highest BCUT2D eigenvalue weighted by Crippen LogP contribution is 2.29. The lowest BCUT2D eigenvalue weighted by molar-refractivity contribution is 0.112. The van der Waals surface area contributed by atoms with Crippen molar-refractivity contribution in [1.82, 2.24) is 0 Å². The second-order valence-corrected chi connectivity index (χ2v) is 7.23. The smallest absolute Gasteiger partial charge is 0.150 e. The van der Waals surface area contributed by atoms with Gasteiger partial charge in [0.25, 0.3) is 0 Å². The molecule has 0 amide bonds. The third-order valence-electron chi connectivity index (χ3n) is 3.35. The molecule has 0 radical (unpaired) electrons. The molecule has 0 bridgehead atoms. The standard InChI is InChI=1S/C18H12I2O2/c19-16-8-13(10-21)9-17(20)18(16)22-11-12-5-6-14-3-1-2-4-15(14)7-12/h1-10H,11H2. The van der Waals surface area contributed by atoms with E-state index in [1.54, 1.807) is 0 Å². The number of ether oxygens (including phenoxy) is 1. The molecule has 0 aromatic heterocycles. The zero-order valence-electron chi connectivity index (χ0n) is 11.6. The molecule has 0 atom stereocenters. The Morgan fingerprint density at radius 1 is 0.909 bits per heavy atom. The molecular weight excluding hydrogens is 502 g/mol. The van der Waals surface area contributed by atoms with Crippen molar-refractivity contribution in [1.29, 1.82) is 0 Å². The number of rotatable bonds is 4. The molecule has 0 aliphatic heterocycles. The van der Waals surface area contributed by atoms with Gasteiger partial charge in [-0.3, -0.25) is 4.79 Å². The second-order valence-electron chi connectivity index (χ2n) is 4.90. The maximum atomic E-state index is 10.9. The van der Waals surface area contributed by atoms with Crippen LogP contribution in [0.2, 0.25) is 0 Å². The number of aldehydes is 1. The predicted octanol–water partition coefficient (Wildman–Crippen LogP) is 5.44. The number of hydrogen-bond acceptors (Lipinski definition) is 2. The van der Waals surface area contributed by atoms with Gasteiger partial charge in [-0.2, -0.15) is 0 Å². The minimum Gasteiger partial charge on any atom is -0.487 e. The monoisotopic (exact) mass is 514 g/mol. The third-order valence-corrected chi connectivity index (χ3v) is 4.96. The van der Waals surface area contributed by atoms with Crippen molar-refractivity contribution < 1.29 is 9.53 Å². The molecule has 0 fully saturated rings. The van der Waals surface area contributed by atoms with Gasteiger partial charge in [-0.1, -0.05) is 36.4 Å². The molecule has 0 aliphatic rings. The van der Waals surface area contributed by atoms with Crippen LogP contribution in [-0.2, 0) is 6.61 Å². The fourth-order valence-electron chi connectivity index (χ4n) is 2.27. The maximum Gasteiger partial charge on any atom is 0.150 e. The van der Waals surface area contributed by atoms with Crippen LogP contribution >= 0.6 is 45.2 Å². The SMILES string of the molecule is O=Cc1cc(I)c(OCc2ccc3ccccc3c2)c(I)c1. The van der Waals surface area contributed by atoms with Gasteiger partial charge in [0, 0.05) is 5.56 Å². The van der Waals surface area contributed by atoms with Crippen LogP contribution < -0.4 is 4.74 Å². The summed E-state index contributed by atoms with van der Waals surface area (Å²) >= 11 is 4.41. The number of fused-ring (bicyclic) bond motifs is 1. The van der Waals surface area contributed by atoms with Crippen LogP contribution in [-0.4, -0.2) is 6.29 Å². The van der Waals surface area contributed by atoms with E-state index >= 15 is 0 Å². The minimum atomic E-state index is 0.511. The number of carbonyl (C=O) groups excluding carboxylic acids is 1. The Labute approximate surface area is 156 Å². The molecule has 0 heterocycles. The van der Waals surface area contributed by atoms with Crippen LogP contribution in [0.3, 0.4) is 0 Å². The number of hydrogen-bond donors (Lipinski definition) is 0. The first-order valence-corrected chi connectivity index (χ1v) is 8.88. The van der Waals surface area contributed by atoms with E-state index in [4.69, 9.17) is 4.74 Å². The Bertz CT molecular complexity index is 820. The van der Waals surface area contributed by atoms with E-state index < -0.39 is 0 Å². The molecule has 110 valence electrons. The Balaban J connectivity index is 1.83. The van der Waals surface area contributed by atoms with Gasteiger partial charge in [0.1, 0.15) is 18.6 Å². The second kappa shape index (κ2) is 6.95. The Morgan fingerprint density at radius 2 is 1.59 bits per heavy atom. The summed E-state index contributed by atoms with van der Waals surface area (Å²) in [5, 5.41) is 2.44. The average Bonchev–Trinajstić information content (AvgIpc) is 2.53. The Hall–Kier alpha value is -1.15. The van der Waals surface area contributed by atoms with Gasteiger partial charge in [0.15, 0.2) is 0 Å². The highest BCUT2D eigenvalue weighted by Gasteiger charge is 2.09. The molecule has 0 spiro atoms. The summed E-state index contributed by atoms with van der Waals surface area (Å²) < 4.78 is 7.87. The van der Waals surface area contributed by atoms with E-state index in [0.29, 0.717) is 12.2 Å². The highest BCUT2D eigenvalue weighted by atomic mass is 127. The van der Waals surface area contributed by atoms with Gasteiger partial charge in [-0.15, -0.1) is 0 Å². The molecule has 4 heteroatoms. The van der Waals surface area contributed by atoms with Crippen LogP contribution in [0.4, 0.5) is 0 Å². The fourth-order valence-corrected chi connectivity index (χ4v) is 4.40. The van der Waals surface area contributed by atoms with Crippen molar-refractivity contribution in [2.24, 2.45) is 0 Å². The normalized spacial score (nSPS) is 10.6. The van der Waals surface area contributed by atoms with Gasteiger partial charge in [-0.05, 0) is 79.7 Å². The third kappa shape index (κ3) is 3.43. The Morgan fingerprint density at radius 3 is 2.27 bits per heavy atom. The van der Waals surface area contributed by atoms with Crippen LogP contribution in [0.15, 0.2) is 54.6 Å². The van der Waals surface area contributed by atoms with Crippen molar-refractivity contribution in [2.75, 3.05) is 0 Å². The number of carbonyl (C=O) groups is 1. The first kappa shape index (κ1) is 15.7. The summed E-state index contributed by atoms with van der Waals surface area (Å²) in [7, 11) is 0. The topological polar surface area (TPSA) is 26.3 Å². The number of halogens is 2. The molecule has 0 unspecified atom stereocenters. The van der Waals surface area contributed by atoms with E-state index in [-0.39, 0.29) is 0 Å². The summed E-state index contributed by atoms with van der Waals surface area (Å²) in [6.07, 6.45) is 0.859. The molecule has 0 saturated carbocycles.